The van der Waals surface area contributed by atoms with Gasteiger partial charge in [-0.15, -0.1) is 0 Å². The molecular formula is C14H14O10Zn. The first-order valence-electron chi connectivity index (χ1n) is 6.27. The van der Waals surface area contributed by atoms with Gasteiger partial charge in [0.1, 0.15) is 46.9 Å². The Kier molecular flexibility index (Phi) is 13.2. The molecule has 25 heavy (non-hydrogen) atoms. The van der Waals surface area contributed by atoms with E-state index in [1.807, 2.05) is 0 Å². The van der Waals surface area contributed by atoms with Gasteiger partial charge in [0.05, 0.1) is 0 Å². The molecule has 0 aromatic carbocycles. The first-order valence-corrected chi connectivity index (χ1v) is 6.27. The van der Waals surface area contributed by atoms with Crippen LogP contribution in [0, 0.1) is 11.8 Å². The molecule has 0 heterocycles. The molecule has 0 unspecified atom stereocenters. The van der Waals surface area contributed by atoms with Crippen molar-refractivity contribution in [1.29, 1.82) is 0 Å². The van der Waals surface area contributed by atoms with Crippen LogP contribution in [0.3, 0.4) is 0 Å². The van der Waals surface area contributed by atoms with Crippen LogP contribution >= 0.6 is 0 Å². The molecule has 0 spiro atoms. The van der Waals surface area contributed by atoms with Crippen molar-refractivity contribution in [2.24, 2.45) is 11.8 Å². The Morgan fingerprint density at radius 3 is 0.720 bits per heavy atom. The number of carbonyl (C=O) groups excluding carboxylic acids is 8. The molecule has 0 atom stereocenters. The fourth-order valence-corrected chi connectivity index (χ4v) is 1.55. The topological polar surface area (TPSA) is 183 Å². The minimum atomic E-state index is -2.01. The Morgan fingerprint density at radius 1 is 0.520 bits per heavy atom. The molecule has 0 rings (SSSR count). The summed E-state index contributed by atoms with van der Waals surface area (Å²) in [6, 6.07) is 0. The van der Waals surface area contributed by atoms with Crippen LogP contribution in [0.25, 0.3) is 0 Å². The van der Waals surface area contributed by atoms with Crippen LogP contribution < -0.4 is 10.2 Å². The van der Waals surface area contributed by atoms with E-state index < -0.39 is 58.5 Å². The zero-order valence-electron chi connectivity index (χ0n) is 13.9. The molecule has 0 aliphatic carbocycles. The number of ketones is 6. The molecule has 0 N–H and O–H groups in total. The van der Waals surface area contributed by atoms with Crippen molar-refractivity contribution < 1.29 is 68.0 Å². The molecule has 0 aliphatic rings. The predicted octanol–water partition coefficient (Wildman–Crippen LogP) is -3.80. The fraction of sp³-hybridized carbons (Fsp3) is 0.429. The predicted molar refractivity (Wildman–Crippen MR) is 69.7 cm³/mol. The SMILES string of the molecule is CC(=O)C(C(C)=O)C(=O)C(=O)[O-].CC(=O)C(C(C)=O)C(=O)C(=O)[O-].[Zn+2]. The Labute approximate surface area is 154 Å². The van der Waals surface area contributed by atoms with Crippen molar-refractivity contribution in [3.8, 4) is 0 Å². The van der Waals surface area contributed by atoms with E-state index in [9.17, 15) is 48.6 Å². The summed E-state index contributed by atoms with van der Waals surface area (Å²) in [6.07, 6.45) is 0. The van der Waals surface area contributed by atoms with E-state index in [4.69, 9.17) is 0 Å². The zero-order valence-corrected chi connectivity index (χ0v) is 16.9. The largest absolute Gasteiger partial charge is 2.00 e. The number of carbonyl (C=O) groups is 8. The van der Waals surface area contributed by atoms with Crippen LogP contribution in [0.2, 0.25) is 0 Å². The van der Waals surface area contributed by atoms with Crippen LogP contribution in [0.5, 0.6) is 0 Å². The summed E-state index contributed by atoms with van der Waals surface area (Å²) in [5.41, 5.74) is 0. The maximum Gasteiger partial charge on any atom is 2.00 e. The summed E-state index contributed by atoms with van der Waals surface area (Å²) in [7, 11) is 0. The number of carboxylic acids is 2. The van der Waals surface area contributed by atoms with Gasteiger partial charge in [0, 0.05) is 0 Å². The average molecular weight is 408 g/mol. The van der Waals surface area contributed by atoms with Crippen LogP contribution in [-0.4, -0.2) is 46.6 Å². The number of aliphatic carboxylic acids is 2. The number of hydrogen-bond donors (Lipinski definition) is 0. The second-order valence-corrected chi connectivity index (χ2v) is 4.61. The minimum Gasteiger partial charge on any atom is -0.542 e. The third-order valence-corrected chi connectivity index (χ3v) is 2.55. The van der Waals surface area contributed by atoms with Crippen molar-refractivity contribution in [1.82, 2.24) is 0 Å². The van der Waals surface area contributed by atoms with Gasteiger partial charge in [-0.05, 0) is 27.7 Å². The first-order chi connectivity index (χ1) is 10.7. The van der Waals surface area contributed by atoms with Crippen LogP contribution in [0.1, 0.15) is 27.7 Å². The van der Waals surface area contributed by atoms with Crippen molar-refractivity contribution in [2.45, 2.75) is 27.7 Å². The van der Waals surface area contributed by atoms with Gasteiger partial charge in [0.15, 0.2) is 11.6 Å². The van der Waals surface area contributed by atoms with Crippen molar-refractivity contribution in [2.75, 3.05) is 0 Å². The van der Waals surface area contributed by atoms with Crippen LogP contribution in [0.15, 0.2) is 0 Å². The number of hydrogen-bond acceptors (Lipinski definition) is 10. The summed E-state index contributed by atoms with van der Waals surface area (Å²) < 4.78 is 0. The quantitative estimate of drug-likeness (QED) is 0.219. The molecule has 132 valence electrons. The van der Waals surface area contributed by atoms with Gasteiger partial charge in [-0.2, -0.15) is 0 Å². The molecule has 0 aromatic rings. The molecule has 0 radical (unpaired) electrons. The number of Topliss-reactive ketones (excluding diaryl/α,β-unsaturated/α-hetero) is 6. The summed E-state index contributed by atoms with van der Waals surface area (Å²) >= 11 is 0. The maximum atomic E-state index is 10.6. The zero-order chi connectivity index (χ0) is 19.8. The Balaban J connectivity index is -0.000000372. The molecule has 0 bridgehead atoms. The third kappa shape index (κ3) is 9.46. The van der Waals surface area contributed by atoms with E-state index in [1.165, 1.54) is 0 Å². The number of carboxylic acid groups (broad SMARTS) is 2. The molecule has 10 nitrogen and oxygen atoms in total. The molecule has 0 aliphatic heterocycles. The van der Waals surface area contributed by atoms with E-state index in [2.05, 4.69) is 0 Å². The smallest absolute Gasteiger partial charge is 0.542 e. The van der Waals surface area contributed by atoms with E-state index in [0.29, 0.717) is 0 Å². The van der Waals surface area contributed by atoms with Gasteiger partial charge >= 0.3 is 19.5 Å². The summed E-state index contributed by atoms with van der Waals surface area (Å²) in [4.78, 5) is 83.6. The Morgan fingerprint density at radius 2 is 0.680 bits per heavy atom. The van der Waals surface area contributed by atoms with Crippen molar-refractivity contribution in [3.63, 3.8) is 0 Å². The second-order valence-electron chi connectivity index (χ2n) is 4.61. The summed E-state index contributed by atoms with van der Waals surface area (Å²) in [5, 5.41) is 20.0. The Hall–Kier alpha value is -2.42. The van der Waals surface area contributed by atoms with Crippen LogP contribution in [0.4, 0.5) is 0 Å². The number of rotatable bonds is 8. The van der Waals surface area contributed by atoms with Crippen molar-refractivity contribution >= 4 is 46.6 Å². The van der Waals surface area contributed by atoms with Gasteiger partial charge < -0.3 is 19.8 Å². The molecule has 0 saturated carbocycles. The molecule has 0 saturated heterocycles. The molecule has 0 fully saturated rings. The third-order valence-electron chi connectivity index (χ3n) is 2.55. The van der Waals surface area contributed by atoms with Gasteiger partial charge in [0.2, 0.25) is 0 Å². The second kappa shape index (κ2) is 12.0. The van der Waals surface area contributed by atoms with E-state index in [1.54, 1.807) is 0 Å². The van der Waals surface area contributed by atoms with Gasteiger partial charge in [-0.3, -0.25) is 28.8 Å². The van der Waals surface area contributed by atoms with E-state index in [0.717, 1.165) is 27.7 Å². The van der Waals surface area contributed by atoms with Gasteiger partial charge in [-0.25, -0.2) is 0 Å². The van der Waals surface area contributed by atoms with E-state index in [-0.39, 0.29) is 19.5 Å². The minimum absolute atomic E-state index is 0. The maximum absolute atomic E-state index is 10.6. The Bertz CT molecular complexity index is 537. The van der Waals surface area contributed by atoms with Gasteiger partial charge in [0.25, 0.3) is 0 Å². The van der Waals surface area contributed by atoms with Crippen LogP contribution in [-0.2, 0) is 57.8 Å². The monoisotopic (exact) mass is 406 g/mol. The molecule has 0 aromatic heterocycles. The fourth-order valence-electron chi connectivity index (χ4n) is 1.55. The average Bonchev–Trinajstić information content (AvgIpc) is 2.37. The molecule has 11 heteroatoms. The van der Waals surface area contributed by atoms with Gasteiger partial charge in [-0.1, -0.05) is 0 Å². The first kappa shape index (κ1) is 27.4. The molecule has 0 amide bonds. The summed E-state index contributed by atoms with van der Waals surface area (Å²) in [5.74, 6) is -13.5. The van der Waals surface area contributed by atoms with Crippen molar-refractivity contribution in [3.05, 3.63) is 0 Å². The van der Waals surface area contributed by atoms with E-state index >= 15 is 0 Å². The standard InChI is InChI=1S/2C7H8O5.Zn/c2*1-3(8)5(4(2)9)6(10)7(11)12;/h2*5H,1-2H3,(H,11,12);/q;;+2/p-2. The normalized spacial score (nSPS) is 9.20. The molecular weight excluding hydrogens is 394 g/mol. The summed E-state index contributed by atoms with van der Waals surface area (Å²) in [6.45, 7) is 3.92.